The van der Waals surface area contributed by atoms with Gasteiger partial charge in [0.2, 0.25) is 0 Å². The van der Waals surface area contributed by atoms with E-state index in [1.807, 2.05) is 0 Å². The van der Waals surface area contributed by atoms with Crippen molar-refractivity contribution in [1.29, 1.82) is 0 Å². The summed E-state index contributed by atoms with van der Waals surface area (Å²) in [5.41, 5.74) is 7.33. The highest BCUT2D eigenvalue weighted by Gasteiger charge is 2.10. The molecule has 1 aromatic carbocycles. The molecule has 3 nitrogen and oxygen atoms in total. The Hall–Kier alpha value is -1.55. The van der Waals surface area contributed by atoms with Crippen LogP contribution in [-0.4, -0.2) is 10.2 Å². The first kappa shape index (κ1) is 9.98. The van der Waals surface area contributed by atoms with Gasteiger partial charge in [-0.3, -0.25) is 5.10 Å². The van der Waals surface area contributed by atoms with Crippen molar-refractivity contribution in [3.05, 3.63) is 34.7 Å². The molecule has 0 saturated heterocycles. The molecule has 0 radical (unpaired) electrons. The van der Waals surface area contributed by atoms with Gasteiger partial charge in [0, 0.05) is 16.1 Å². The van der Waals surface area contributed by atoms with E-state index in [4.69, 9.17) is 17.3 Å². The average molecular weight is 226 g/mol. The van der Waals surface area contributed by atoms with Crippen LogP contribution in [0.15, 0.2) is 18.3 Å². The lowest BCUT2D eigenvalue weighted by molar-refractivity contribution is 0.619. The summed E-state index contributed by atoms with van der Waals surface area (Å²) in [6.45, 7) is 1.63. The van der Waals surface area contributed by atoms with Crippen LogP contribution in [0.3, 0.4) is 0 Å². The van der Waals surface area contributed by atoms with Gasteiger partial charge >= 0.3 is 0 Å². The minimum Gasteiger partial charge on any atom is -0.384 e. The minimum atomic E-state index is -0.349. The van der Waals surface area contributed by atoms with Crippen LogP contribution in [0.1, 0.15) is 5.56 Å². The fourth-order valence-corrected chi connectivity index (χ4v) is 1.53. The first-order chi connectivity index (χ1) is 7.09. The number of nitrogen functional groups attached to an aromatic ring is 1. The van der Waals surface area contributed by atoms with E-state index in [1.54, 1.807) is 13.0 Å². The zero-order valence-corrected chi connectivity index (χ0v) is 8.77. The van der Waals surface area contributed by atoms with Crippen molar-refractivity contribution >= 4 is 17.4 Å². The molecule has 2 aromatic rings. The van der Waals surface area contributed by atoms with E-state index >= 15 is 0 Å². The molecule has 0 aliphatic carbocycles. The number of aromatic amines is 1. The van der Waals surface area contributed by atoms with E-state index in [-0.39, 0.29) is 5.82 Å². The van der Waals surface area contributed by atoms with Crippen molar-refractivity contribution < 1.29 is 4.39 Å². The van der Waals surface area contributed by atoms with Gasteiger partial charge in [-0.2, -0.15) is 5.10 Å². The Kier molecular flexibility index (Phi) is 2.36. The van der Waals surface area contributed by atoms with Gasteiger partial charge in [0.25, 0.3) is 0 Å². The summed E-state index contributed by atoms with van der Waals surface area (Å²) in [4.78, 5) is 0. The lowest BCUT2D eigenvalue weighted by Gasteiger charge is -2.04. The summed E-state index contributed by atoms with van der Waals surface area (Å²) in [7, 11) is 0. The molecule has 78 valence electrons. The molecule has 0 bridgehead atoms. The Labute approximate surface area is 91.1 Å². The van der Waals surface area contributed by atoms with Crippen molar-refractivity contribution in [1.82, 2.24) is 10.2 Å². The number of H-pyrrole nitrogens is 1. The van der Waals surface area contributed by atoms with E-state index in [0.29, 0.717) is 27.5 Å². The summed E-state index contributed by atoms with van der Waals surface area (Å²) in [5, 5.41) is 6.73. The third-order valence-corrected chi connectivity index (χ3v) is 2.65. The summed E-state index contributed by atoms with van der Waals surface area (Å²) in [6.07, 6.45) is 1.54. The second-order valence-electron chi connectivity index (χ2n) is 3.26. The third kappa shape index (κ3) is 1.68. The van der Waals surface area contributed by atoms with Crippen LogP contribution in [-0.2, 0) is 0 Å². The van der Waals surface area contributed by atoms with Gasteiger partial charge in [0.1, 0.15) is 11.6 Å². The van der Waals surface area contributed by atoms with Gasteiger partial charge in [0.05, 0.1) is 6.20 Å². The molecule has 0 aliphatic rings. The van der Waals surface area contributed by atoms with Crippen LogP contribution in [0.2, 0.25) is 5.02 Å². The highest BCUT2D eigenvalue weighted by atomic mass is 35.5. The molecule has 0 fully saturated rings. The Morgan fingerprint density at radius 3 is 2.73 bits per heavy atom. The summed E-state index contributed by atoms with van der Waals surface area (Å²) in [5.74, 6) is 0.0485. The SMILES string of the molecule is Cc1c(F)cc(-c2cn[nH]c2N)cc1Cl. The first-order valence-electron chi connectivity index (χ1n) is 4.34. The number of anilines is 1. The van der Waals surface area contributed by atoms with E-state index in [9.17, 15) is 4.39 Å². The van der Waals surface area contributed by atoms with Gasteiger partial charge in [-0.1, -0.05) is 11.6 Å². The number of nitrogens with zero attached hydrogens (tertiary/aromatic N) is 1. The van der Waals surface area contributed by atoms with E-state index in [1.165, 1.54) is 12.3 Å². The topological polar surface area (TPSA) is 54.7 Å². The zero-order valence-electron chi connectivity index (χ0n) is 8.01. The van der Waals surface area contributed by atoms with E-state index in [0.717, 1.165) is 0 Å². The fraction of sp³-hybridized carbons (Fsp3) is 0.100. The van der Waals surface area contributed by atoms with Gasteiger partial charge in [-0.25, -0.2) is 4.39 Å². The highest BCUT2D eigenvalue weighted by Crippen LogP contribution is 2.29. The predicted octanol–water partition coefficient (Wildman–Crippen LogP) is 2.76. The van der Waals surface area contributed by atoms with Crippen molar-refractivity contribution in [3.8, 4) is 11.1 Å². The lowest BCUT2D eigenvalue weighted by atomic mass is 10.1. The molecule has 0 atom stereocenters. The molecule has 0 saturated carbocycles. The summed E-state index contributed by atoms with van der Waals surface area (Å²) in [6, 6.07) is 3.06. The largest absolute Gasteiger partial charge is 0.384 e. The summed E-state index contributed by atoms with van der Waals surface area (Å²) >= 11 is 5.88. The molecular formula is C10H9ClFN3. The third-order valence-electron chi connectivity index (χ3n) is 2.26. The Morgan fingerprint density at radius 2 is 2.20 bits per heavy atom. The molecule has 0 aliphatic heterocycles. The molecular weight excluding hydrogens is 217 g/mol. The normalized spacial score (nSPS) is 10.6. The van der Waals surface area contributed by atoms with Crippen molar-refractivity contribution in [2.24, 2.45) is 0 Å². The molecule has 2 rings (SSSR count). The summed E-state index contributed by atoms with van der Waals surface area (Å²) < 4.78 is 13.4. The maximum absolute atomic E-state index is 13.4. The van der Waals surface area contributed by atoms with Crippen LogP contribution in [0.5, 0.6) is 0 Å². The zero-order chi connectivity index (χ0) is 11.0. The maximum Gasteiger partial charge on any atom is 0.128 e. The standard InChI is InChI=1S/C10H9ClFN3/c1-5-8(11)2-6(3-9(5)12)7-4-14-15-10(7)13/h2-4H,1H3,(H3,13,14,15). The molecule has 5 heteroatoms. The second kappa shape index (κ2) is 3.55. The van der Waals surface area contributed by atoms with Gasteiger partial charge in [-0.05, 0) is 24.6 Å². The van der Waals surface area contributed by atoms with E-state index < -0.39 is 0 Å². The molecule has 0 unspecified atom stereocenters. The number of hydrogen-bond acceptors (Lipinski definition) is 2. The lowest BCUT2D eigenvalue weighted by Crippen LogP contribution is -1.90. The quantitative estimate of drug-likeness (QED) is 0.784. The number of rotatable bonds is 1. The molecule has 1 aromatic heterocycles. The van der Waals surface area contributed by atoms with Crippen molar-refractivity contribution in [2.75, 3.05) is 5.73 Å². The molecule has 1 heterocycles. The minimum absolute atomic E-state index is 0.349. The number of halogens is 2. The van der Waals surface area contributed by atoms with Crippen LogP contribution < -0.4 is 5.73 Å². The fourth-order valence-electron chi connectivity index (χ4n) is 1.33. The number of hydrogen-bond donors (Lipinski definition) is 2. The highest BCUT2D eigenvalue weighted by molar-refractivity contribution is 6.31. The van der Waals surface area contributed by atoms with Gasteiger partial charge < -0.3 is 5.73 Å². The first-order valence-corrected chi connectivity index (χ1v) is 4.72. The Balaban J connectivity index is 2.60. The Morgan fingerprint density at radius 1 is 1.47 bits per heavy atom. The van der Waals surface area contributed by atoms with Crippen LogP contribution in [0.4, 0.5) is 10.2 Å². The maximum atomic E-state index is 13.4. The second-order valence-corrected chi connectivity index (χ2v) is 3.67. The van der Waals surface area contributed by atoms with Gasteiger partial charge in [-0.15, -0.1) is 0 Å². The number of benzene rings is 1. The smallest absolute Gasteiger partial charge is 0.128 e. The average Bonchev–Trinajstić information content (AvgIpc) is 2.60. The van der Waals surface area contributed by atoms with Crippen molar-refractivity contribution in [2.45, 2.75) is 6.92 Å². The van der Waals surface area contributed by atoms with Crippen LogP contribution in [0, 0.1) is 12.7 Å². The molecule has 0 spiro atoms. The predicted molar refractivity (Wildman–Crippen MR) is 58.1 cm³/mol. The molecule has 15 heavy (non-hydrogen) atoms. The molecule has 3 N–H and O–H groups in total. The van der Waals surface area contributed by atoms with Crippen LogP contribution in [0.25, 0.3) is 11.1 Å². The van der Waals surface area contributed by atoms with Crippen LogP contribution >= 0.6 is 11.6 Å². The number of nitrogens with one attached hydrogen (secondary N) is 1. The van der Waals surface area contributed by atoms with Crippen molar-refractivity contribution in [3.63, 3.8) is 0 Å². The number of aromatic nitrogens is 2. The monoisotopic (exact) mass is 225 g/mol. The van der Waals surface area contributed by atoms with Gasteiger partial charge in [0.15, 0.2) is 0 Å². The van der Waals surface area contributed by atoms with E-state index in [2.05, 4.69) is 10.2 Å². The Bertz CT molecular complexity index is 484. The molecule has 0 amide bonds. The number of nitrogens with two attached hydrogens (primary N) is 1.